The lowest BCUT2D eigenvalue weighted by Crippen LogP contribution is -2.05. The van der Waals surface area contributed by atoms with Crippen molar-refractivity contribution in [2.75, 3.05) is 19.8 Å². The van der Waals surface area contributed by atoms with Crippen molar-refractivity contribution in [1.29, 1.82) is 0 Å². The number of esters is 1. The summed E-state index contributed by atoms with van der Waals surface area (Å²) in [5.41, 5.74) is 1.13. The van der Waals surface area contributed by atoms with Crippen LogP contribution in [0.1, 0.15) is 83.1 Å². The van der Waals surface area contributed by atoms with E-state index >= 15 is 0 Å². The zero-order chi connectivity index (χ0) is 24.3. The van der Waals surface area contributed by atoms with Gasteiger partial charge >= 0.3 is 5.97 Å². The summed E-state index contributed by atoms with van der Waals surface area (Å²) < 4.78 is 16.5. The molecule has 2 rings (SSSR count). The van der Waals surface area contributed by atoms with Gasteiger partial charge in [-0.05, 0) is 68.1 Å². The van der Waals surface area contributed by atoms with Crippen LogP contribution in [0.2, 0.25) is 5.02 Å². The van der Waals surface area contributed by atoms with E-state index < -0.39 is 0 Å². The fourth-order valence-corrected chi connectivity index (χ4v) is 3.89. The Labute approximate surface area is 210 Å². The predicted octanol–water partition coefficient (Wildman–Crippen LogP) is 8.19. The minimum Gasteiger partial charge on any atom is -0.494 e. The van der Waals surface area contributed by atoms with Crippen molar-refractivity contribution in [1.82, 2.24) is 0 Å². The number of carbonyl (C=O) groups excluding carboxylic acids is 1. The van der Waals surface area contributed by atoms with Crippen LogP contribution < -0.4 is 9.47 Å². The van der Waals surface area contributed by atoms with Gasteiger partial charge in [0.15, 0.2) is 0 Å². The number of ether oxygens (including phenoxy) is 3. The summed E-state index contributed by atoms with van der Waals surface area (Å²) in [7, 11) is 0. The van der Waals surface area contributed by atoms with Crippen LogP contribution in [0.5, 0.6) is 11.5 Å². The highest BCUT2D eigenvalue weighted by Gasteiger charge is 2.03. The molecule has 2 aromatic rings. The number of carbonyl (C=O) groups is 1. The molecular formula is C29H41ClO4. The highest BCUT2D eigenvalue weighted by molar-refractivity contribution is 6.30. The largest absolute Gasteiger partial charge is 0.494 e. The molecule has 0 N–H and O–H groups in total. The number of hydrogen-bond donors (Lipinski definition) is 0. The second kappa shape index (κ2) is 18.2. The normalized spacial score (nSPS) is 10.8. The second-order valence-electron chi connectivity index (χ2n) is 8.64. The van der Waals surface area contributed by atoms with Crippen molar-refractivity contribution < 1.29 is 19.0 Å². The molecule has 0 aliphatic carbocycles. The van der Waals surface area contributed by atoms with E-state index in [0.29, 0.717) is 19.4 Å². The van der Waals surface area contributed by atoms with Crippen LogP contribution in [0.4, 0.5) is 0 Å². The van der Waals surface area contributed by atoms with Crippen molar-refractivity contribution in [3.8, 4) is 11.5 Å². The third-order valence-electron chi connectivity index (χ3n) is 5.74. The lowest BCUT2D eigenvalue weighted by molar-refractivity contribution is -0.143. The average Bonchev–Trinajstić information content (AvgIpc) is 2.85. The van der Waals surface area contributed by atoms with E-state index in [0.717, 1.165) is 48.1 Å². The predicted molar refractivity (Wildman–Crippen MR) is 140 cm³/mol. The van der Waals surface area contributed by atoms with Crippen LogP contribution in [0, 0.1) is 0 Å². The maximum atomic E-state index is 11.4. The maximum absolute atomic E-state index is 11.4. The zero-order valence-corrected chi connectivity index (χ0v) is 21.5. The van der Waals surface area contributed by atoms with E-state index in [1.54, 1.807) is 0 Å². The summed E-state index contributed by atoms with van der Waals surface area (Å²) in [6, 6.07) is 15.6. The minimum atomic E-state index is -0.140. The van der Waals surface area contributed by atoms with Gasteiger partial charge in [-0.25, -0.2) is 0 Å². The van der Waals surface area contributed by atoms with Crippen molar-refractivity contribution in [3.63, 3.8) is 0 Å². The number of benzene rings is 2. The standard InChI is InChI=1S/C29H41ClO4/c1-2-32-29(31)22-15-25-13-18-27(19-14-25)33-23-11-9-7-5-3-4-6-8-10-12-24-34-28-20-16-26(30)17-21-28/h13-14,16-21H,2-12,15,22-24H2,1H3. The lowest BCUT2D eigenvalue weighted by atomic mass is 10.1. The number of rotatable bonds is 19. The molecule has 0 saturated heterocycles. The van der Waals surface area contributed by atoms with Crippen LogP contribution in [0.3, 0.4) is 0 Å². The summed E-state index contributed by atoms with van der Waals surface area (Å²) in [4.78, 5) is 11.4. The van der Waals surface area contributed by atoms with Crippen LogP contribution >= 0.6 is 11.6 Å². The van der Waals surface area contributed by atoms with E-state index in [9.17, 15) is 4.79 Å². The third-order valence-corrected chi connectivity index (χ3v) is 5.99. The second-order valence-corrected chi connectivity index (χ2v) is 9.07. The molecule has 0 heterocycles. The lowest BCUT2D eigenvalue weighted by Gasteiger charge is -2.08. The van der Waals surface area contributed by atoms with Crippen LogP contribution in [-0.4, -0.2) is 25.8 Å². The fraction of sp³-hybridized carbons (Fsp3) is 0.552. The summed E-state index contributed by atoms with van der Waals surface area (Å²) in [6.07, 6.45) is 13.7. The Hall–Kier alpha value is -2.20. The Morgan fingerprint density at radius 1 is 0.676 bits per heavy atom. The van der Waals surface area contributed by atoms with Gasteiger partial charge in [-0.2, -0.15) is 0 Å². The van der Waals surface area contributed by atoms with E-state index in [1.165, 1.54) is 51.4 Å². The molecule has 0 atom stereocenters. The topological polar surface area (TPSA) is 44.8 Å². The van der Waals surface area contributed by atoms with Gasteiger partial charge in [0.05, 0.1) is 19.8 Å². The molecular weight excluding hydrogens is 448 g/mol. The van der Waals surface area contributed by atoms with Gasteiger partial charge in [-0.3, -0.25) is 4.79 Å². The Bertz CT molecular complexity index is 774. The Kier molecular flexibility index (Phi) is 15.0. The summed E-state index contributed by atoms with van der Waals surface area (Å²) in [6.45, 7) is 3.81. The van der Waals surface area contributed by atoms with Gasteiger partial charge in [-0.1, -0.05) is 75.1 Å². The fourth-order valence-electron chi connectivity index (χ4n) is 3.76. The Morgan fingerprint density at radius 3 is 1.59 bits per heavy atom. The molecule has 5 heteroatoms. The minimum absolute atomic E-state index is 0.140. The molecule has 0 amide bonds. The van der Waals surface area contributed by atoms with Crippen molar-refractivity contribution in [2.45, 2.75) is 84.0 Å². The van der Waals surface area contributed by atoms with Crippen LogP contribution in [-0.2, 0) is 16.0 Å². The highest BCUT2D eigenvalue weighted by atomic mass is 35.5. The summed E-state index contributed by atoms with van der Waals surface area (Å²) in [5.74, 6) is 1.66. The molecule has 34 heavy (non-hydrogen) atoms. The smallest absolute Gasteiger partial charge is 0.306 e. The van der Waals surface area contributed by atoms with Gasteiger partial charge in [0, 0.05) is 11.4 Å². The zero-order valence-electron chi connectivity index (χ0n) is 20.7. The first kappa shape index (κ1) is 28.0. The summed E-state index contributed by atoms with van der Waals surface area (Å²) >= 11 is 5.88. The van der Waals surface area contributed by atoms with Crippen LogP contribution in [0.15, 0.2) is 48.5 Å². The van der Waals surface area contributed by atoms with E-state index in [4.69, 9.17) is 25.8 Å². The monoisotopic (exact) mass is 488 g/mol. The first-order valence-electron chi connectivity index (χ1n) is 12.9. The summed E-state index contributed by atoms with van der Waals surface area (Å²) in [5, 5.41) is 0.743. The Morgan fingerprint density at radius 2 is 1.12 bits per heavy atom. The van der Waals surface area contributed by atoms with Gasteiger partial charge in [0.1, 0.15) is 11.5 Å². The van der Waals surface area contributed by atoms with E-state index in [-0.39, 0.29) is 5.97 Å². The van der Waals surface area contributed by atoms with Crippen molar-refractivity contribution in [2.24, 2.45) is 0 Å². The molecule has 2 aromatic carbocycles. The molecule has 0 saturated carbocycles. The maximum Gasteiger partial charge on any atom is 0.306 e. The quantitative estimate of drug-likeness (QED) is 0.148. The van der Waals surface area contributed by atoms with E-state index in [2.05, 4.69) is 0 Å². The van der Waals surface area contributed by atoms with Gasteiger partial charge in [-0.15, -0.1) is 0 Å². The molecule has 0 aromatic heterocycles. The van der Waals surface area contributed by atoms with Crippen LogP contribution in [0.25, 0.3) is 0 Å². The molecule has 0 fully saturated rings. The molecule has 0 bridgehead atoms. The first-order valence-corrected chi connectivity index (χ1v) is 13.3. The number of aryl methyl sites for hydroxylation is 1. The van der Waals surface area contributed by atoms with Gasteiger partial charge < -0.3 is 14.2 Å². The molecule has 0 aliphatic rings. The van der Waals surface area contributed by atoms with E-state index in [1.807, 2.05) is 55.5 Å². The number of halogens is 1. The van der Waals surface area contributed by atoms with Gasteiger partial charge in [0.25, 0.3) is 0 Å². The number of hydrogen-bond acceptors (Lipinski definition) is 4. The van der Waals surface area contributed by atoms with Gasteiger partial charge in [0.2, 0.25) is 0 Å². The van der Waals surface area contributed by atoms with Crippen molar-refractivity contribution in [3.05, 3.63) is 59.1 Å². The average molecular weight is 489 g/mol. The molecule has 0 radical (unpaired) electrons. The molecule has 0 aliphatic heterocycles. The third kappa shape index (κ3) is 13.5. The highest BCUT2D eigenvalue weighted by Crippen LogP contribution is 2.17. The molecule has 0 spiro atoms. The SMILES string of the molecule is CCOC(=O)CCc1ccc(OCCCCCCCCCCCCOc2ccc(Cl)cc2)cc1. The molecule has 188 valence electrons. The van der Waals surface area contributed by atoms with Crippen molar-refractivity contribution >= 4 is 17.6 Å². The molecule has 0 unspecified atom stereocenters. The number of unbranched alkanes of at least 4 members (excludes halogenated alkanes) is 9. The Balaban J connectivity index is 1.35. The first-order chi connectivity index (χ1) is 16.7. The molecule has 4 nitrogen and oxygen atoms in total.